The maximum Gasteiger partial charge on any atom is 0.342 e. The van der Waals surface area contributed by atoms with Crippen LogP contribution in [0.15, 0.2) is 36.4 Å². The van der Waals surface area contributed by atoms with E-state index in [1.165, 1.54) is 0 Å². The van der Waals surface area contributed by atoms with Gasteiger partial charge in [0.1, 0.15) is 17.1 Å². The van der Waals surface area contributed by atoms with Gasteiger partial charge in [-0.1, -0.05) is 18.2 Å². The summed E-state index contributed by atoms with van der Waals surface area (Å²) < 4.78 is 11.1. The minimum atomic E-state index is -0.400. The number of esters is 1. The molecular formula is C18H21NO3. The molecule has 2 rings (SSSR count). The Hall–Kier alpha value is -2.49. The topological polar surface area (TPSA) is 61.5 Å². The predicted molar refractivity (Wildman–Crippen MR) is 87.4 cm³/mol. The van der Waals surface area contributed by atoms with Crippen LogP contribution >= 0.6 is 0 Å². The number of ether oxygens (including phenoxy) is 2. The highest BCUT2D eigenvalue weighted by Gasteiger charge is 2.16. The molecule has 0 fully saturated rings. The Labute approximate surface area is 130 Å². The Morgan fingerprint density at radius 2 is 1.73 bits per heavy atom. The maximum absolute atomic E-state index is 12.1. The van der Waals surface area contributed by atoms with Gasteiger partial charge in [0.05, 0.1) is 6.10 Å². The first-order valence-electron chi connectivity index (χ1n) is 7.23. The molecule has 0 aromatic heterocycles. The van der Waals surface area contributed by atoms with Gasteiger partial charge < -0.3 is 15.2 Å². The molecular weight excluding hydrogens is 278 g/mol. The third-order valence-electron chi connectivity index (χ3n) is 3.35. The van der Waals surface area contributed by atoms with Crippen LogP contribution in [-0.4, -0.2) is 12.1 Å². The van der Waals surface area contributed by atoms with Crippen molar-refractivity contribution in [3.05, 3.63) is 53.1 Å². The predicted octanol–water partition coefficient (Wildman–Crippen LogP) is 4.24. The summed E-state index contributed by atoms with van der Waals surface area (Å²) in [6.45, 7) is 7.46. The number of carbonyl (C=O) groups is 1. The number of rotatable bonds is 4. The first kappa shape index (κ1) is 15.9. The number of carbonyl (C=O) groups excluding carboxylic acids is 1. The molecule has 0 atom stereocenters. The molecule has 0 saturated carbocycles. The van der Waals surface area contributed by atoms with E-state index in [-0.39, 0.29) is 6.10 Å². The molecule has 0 saturated heterocycles. The lowest BCUT2D eigenvalue weighted by Crippen LogP contribution is -2.12. The van der Waals surface area contributed by atoms with Crippen LogP contribution in [0.2, 0.25) is 0 Å². The molecule has 2 aromatic carbocycles. The minimum Gasteiger partial charge on any atom is -0.459 e. The Morgan fingerprint density at radius 3 is 2.41 bits per heavy atom. The van der Waals surface area contributed by atoms with Gasteiger partial charge in [-0.2, -0.15) is 0 Å². The van der Waals surface area contributed by atoms with Crippen molar-refractivity contribution in [3.8, 4) is 11.5 Å². The smallest absolute Gasteiger partial charge is 0.342 e. The monoisotopic (exact) mass is 299 g/mol. The highest BCUT2D eigenvalue weighted by molar-refractivity contribution is 5.92. The average molecular weight is 299 g/mol. The summed E-state index contributed by atoms with van der Waals surface area (Å²) >= 11 is 0. The number of para-hydroxylation sites is 1. The molecule has 0 radical (unpaired) electrons. The molecule has 4 heteroatoms. The van der Waals surface area contributed by atoms with Crippen LogP contribution in [0.1, 0.15) is 35.3 Å². The SMILES string of the molecule is Cc1ccc(Oc2ccccc2C(=O)OC(C)C)c(C)c1N. The van der Waals surface area contributed by atoms with Gasteiger partial charge in [0, 0.05) is 11.3 Å². The van der Waals surface area contributed by atoms with Gasteiger partial charge in [-0.15, -0.1) is 0 Å². The van der Waals surface area contributed by atoms with E-state index < -0.39 is 5.97 Å². The number of benzene rings is 2. The maximum atomic E-state index is 12.1. The molecule has 0 aliphatic rings. The number of aryl methyl sites for hydroxylation is 1. The van der Waals surface area contributed by atoms with Gasteiger partial charge in [-0.3, -0.25) is 0 Å². The zero-order valence-corrected chi connectivity index (χ0v) is 13.3. The van der Waals surface area contributed by atoms with Crippen LogP contribution in [0.4, 0.5) is 5.69 Å². The van der Waals surface area contributed by atoms with Crippen LogP contribution in [0.5, 0.6) is 11.5 Å². The Morgan fingerprint density at radius 1 is 1.05 bits per heavy atom. The molecule has 0 heterocycles. The normalized spacial score (nSPS) is 10.6. The van der Waals surface area contributed by atoms with Crippen molar-refractivity contribution < 1.29 is 14.3 Å². The quantitative estimate of drug-likeness (QED) is 0.677. The zero-order valence-electron chi connectivity index (χ0n) is 13.3. The summed E-state index contributed by atoms with van der Waals surface area (Å²) in [5, 5.41) is 0. The highest BCUT2D eigenvalue weighted by atomic mass is 16.5. The molecule has 0 bridgehead atoms. The summed E-state index contributed by atoms with van der Waals surface area (Å²) in [6, 6.07) is 10.8. The molecule has 22 heavy (non-hydrogen) atoms. The Bertz CT molecular complexity index is 693. The van der Waals surface area contributed by atoms with Crippen LogP contribution in [0, 0.1) is 13.8 Å². The fraction of sp³-hybridized carbons (Fsp3) is 0.278. The van der Waals surface area contributed by atoms with E-state index in [1.54, 1.807) is 18.2 Å². The van der Waals surface area contributed by atoms with Gasteiger partial charge in [0.15, 0.2) is 0 Å². The first-order valence-corrected chi connectivity index (χ1v) is 7.23. The first-order chi connectivity index (χ1) is 10.4. The van der Waals surface area contributed by atoms with Crippen LogP contribution in [-0.2, 0) is 4.74 Å². The van der Waals surface area contributed by atoms with Crippen LogP contribution < -0.4 is 10.5 Å². The molecule has 0 aliphatic heterocycles. The molecule has 4 nitrogen and oxygen atoms in total. The molecule has 0 spiro atoms. The fourth-order valence-electron chi connectivity index (χ4n) is 2.07. The van der Waals surface area contributed by atoms with Gasteiger partial charge in [-0.25, -0.2) is 4.79 Å². The van der Waals surface area contributed by atoms with E-state index in [0.717, 1.165) is 11.1 Å². The third-order valence-corrected chi connectivity index (χ3v) is 3.35. The highest BCUT2D eigenvalue weighted by Crippen LogP contribution is 2.32. The van der Waals surface area contributed by atoms with E-state index in [0.29, 0.717) is 22.7 Å². The van der Waals surface area contributed by atoms with Crippen molar-refractivity contribution >= 4 is 11.7 Å². The van der Waals surface area contributed by atoms with Crippen molar-refractivity contribution in [2.75, 3.05) is 5.73 Å². The molecule has 0 unspecified atom stereocenters. The van der Waals surface area contributed by atoms with Crippen molar-refractivity contribution in [2.24, 2.45) is 0 Å². The molecule has 2 aromatic rings. The van der Waals surface area contributed by atoms with E-state index >= 15 is 0 Å². The zero-order chi connectivity index (χ0) is 16.3. The lowest BCUT2D eigenvalue weighted by Gasteiger charge is -2.15. The standard InChI is InChI=1S/C18H21NO3/c1-11(2)21-18(20)14-7-5-6-8-16(14)22-15-10-9-12(3)17(19)13(15)4/h5-11H,19H2,1-4H3. The van der Waals surface area contributed by atoms with Crippen LogP contribution in [0.25, 0.3) is 0 Å². The molecule has 0 amide bonds. The lowest BCUT2D eigenvalue weighted by atomic mass is 10.1. The third kappa shape index (κ3) is 3.39. The molecule has 0 aliphatic carbocycles. The summed E-state index contributed by atoms with van der Waals surface area (Å²) in [7, 11) is 0. The summed E-state index contributed by atoms with van der Waals surface area (Å²) in [5.74, 6) is 0.690. The number of hydrogen-bond acceptors (Lipinski definition) is 4. The van der Waals surface area contributed by atoms with Crippen molar-refractivity contribution in [2.45, 2.75) is 33.8 Å². The number of nitrogen functional groups attached to an aromatic ring is 1. The number of nitrogens with two attached hydrogens (primary N) is 1. The summed E-state index contributed by atoms with van der Waals surface area (Å²) in [6.07, 6.45) is -0.183. The number of hydrogen-bond donors (Lipinski definition) is 1. The van der Waals surface area contributed by atoms with E-state index in [2.05, 4.69) is 0 Å². The molecule has 2 N–H and O–H groups in total. The van der Waals surface area contributed by atoms with Gasteiger partial charge in [0.25, 0.3) is 0 Å². The van der Waals surface area contributed by atoms with Gasteiger partial charge >= 0.3 is 5.97 Å². The summed E-state index contributed by atoms with van der Waals surface area (Å²) in [5.41, 5.74) is 8.97. The van der Waals surface area contributed by atoms with Crippen molar-refractivity contribution in [1.29, 1.82) is 0 Å². The molecule has 116 valence electrons. The van der Waals surface area contributed by atoms with Gasteiger partial charge in [-0.05, 0) is 51.5 Å². The van der Waals surface area contributed by atoms with Gasteiger partial charge in [0.2, 0.25) is 0 Å². The fourth-order valence-corrected chi connectivity index (χ4v) is 2.07. The van der Waals surface area contributed by atoms with Crippen molar-refractivity contribution in [3.63, 3.8) is 0 Å². The largest absolute Gasteiger partial charge is 0.459 e. The van der Waals surface area contributed by atoms with E-state index in [4.69, 9.17) is 15.2 Å². The van der Waals surface area contributed by atoms with E-state index in [1.807, 2.05) is 45.9 Å². The second-order valence-electron chi connectivity index (χ2n) is 5.47. The number of anilines is 1. The lowest BCUT2D eigenvalue weighted by molar-refractivity contribution is 0.0375. The van der Waals surface area contributed by atoms with Crippen molar-refractivity contribution in [1.82, 2.24) is 0 Å². The second-order valence-corrected chi connectivity index (χ2v) is 5.47. The van der Waals surface area contributed by atoms with Crippen LogP contribution in [0.3, 0.4) is 0 Å². The Kier molecular flexibility index (Phi) is 4.71. The Balaban J connectivity index is 2.35. The average Bonchev–Trinajstić information content (AvgIpc) is 2.47. The summed E-state index contributed by atoms with van der Waals surface area (Å²) in [4.78, 5) is 12.1. The second kappa shape index (κ2) is 6.52. The minimum absolute atomic E-state index is 0.183. The van der Waals surface area contributed by atoms with E-state index in [9.17, 15) is 4.79 Å².